The summed E-state index contributed by atoms with van der Waals surface area (Å²) in [6, 6.07) is -0.353. The Morgan fingerprint density at radius 3 is 2.20 bits per heavy atom. The van der Waals surface area contributed by atoms with E-state index in [1.165, 1.54) is 0 Å². The van der Waals surface area contributed by atoms with E-state index in [0.717, 1.165) is 6.42 Å². The van der Waals surface area contributed by atoms with Crippen molar-refractivity contribution < 1.29 is 14.6 Å². The van der Waals surface area contributed by atoms with Gasteiger partial charge in [0.2, 0.25) is 0 Å². The Balaban J connectivity index is 4.57. The molecule has 20 heavy (non-hydrogen) atoms. The summed E-state index contributed by atoms with van der Waals surface area (Å²) < 4.78 is 5.23. The third-order valence-corrected chi connectivity index (χ3v) is 2.71. The number of ether oxygens (including phenoxy) is 1. The fourth-order valence-electron chi connectivity index (χ4n) is 1.70. The first-order valence-electron chi connectivity index (χ1n) is 7.37. The lowest BCUT2D eigenvalue weighted by Crippen LogP contribution is -2.47. The van der Waals surface area contributed by atoms with E-state index in [9.17, 15) is 9.90 Å². The molecular formula is C16H31NO3. The number of nitrogens with one attached hydrogen (secondary N) is 1. The summed E-state index contributed by atoms with van der Waals surface area (Å²) in [6.07, 6.45) is 3.42. The van der Waals surface area contributed by atoms with Gasteiger partial charge in [-0.2, -0.15) is 0 Å². The number of amides is 1. The molecule has 2 atom stereocenters. The van der Waals surface area contributed by atoms with E-state index in [-0.39, 0.29) is 12.0 Å². The van der Waals surface area contributed by atoms with Crippen molar-refractivity contribution in [2.24, 2.45) is 11.8 Å². The van der Waals surface area contributed by atoms with E-state index in [2.05, 4.69) is 19.2 Å². The third kappa shape index (κ3) is 8.97. The van der Waals surface area contributed by atoms with Crippen LogP contribution in [0.25, 0.3) is 0 Å². The zero-order valence-electron chi connectivity index (χ0n) is 13.9. The van der Waals surface area contributed by atoms with Crippen molar-refractivity contribution in [3.05, 3.63) is 12.2 Å². The minimum Gasteiger partial charge on any atom is -0.444 e. The van der Waals surface area contributed by atoms with E-state index in [0.29, 0.717) is 5.92 Å². The van der Waals surface area contributed by atoms with Crippen LogP contribution in [0.5, 0.6) is 0 Å². The van der Waals surface area contributed by atoms with Crippen molar-refractivity contribution in [3.8, 4) is 0 Å². The van der Waals surface area contributed by atoms with Crippen molar-refractivity contribution in [3.63, 3.8) is 0 Å². The predicted octanol–water partition coefficient (Wildman–Crippen LogP) is 3.50. The van der Waals surface area contributed by atoms with Crippen molar-refractivity contribution in [1.82, 2.24) is 5.32 Å². The first-order chi connectivity index (χ1) is 9.03. The van der Waals surface area contributed by atoms with Crippen LogP contribution in [-0.2, 0) is 4.74 Å². The molecule has 4 nitrogen and oxygen atoms in total. The molecule has 0 bridgehead atoms. The minimum absolute atomic E-state index is 0.112. The first kappa shape index (κ1) is 19.0. The molecule has 0 aromatic rings. The summed E-state index contributed by atoms with van der Waals surface area (Å²) in [7, 11) is 0. The van der Waals surface area contributed by atoms with Gasteiger partial charge >= 0.3 is 6.09 Å². The van der Waals surface area contributed by atoms with E-state index in [4.69, 9.17) is 4.74 Å². The van der Waals surface area contributed by atoms with Gasteiger partial charge in [0.1, 0.15) is 5.60 Å². The van der Waals surface area contributed by atoms with Crippen molar-refractivity contribution in [1.29, 1.82) is 0 Å². The quantitative estimate of drug-likeness (QED) is 0.734. The van der Waals surface area contributed by atoms with Crippen LogP contribution in [0, 0.1) is 11.8 Å². The van der Waals surface area contributed by atoms with Crippen LogP contribution >= 0.6 is 0 Å². The number of aliphatic hydroxyl groups is 1. The van der Waals surface area contributed by atoms with Gasteiger partial charge < -0.3 is 15.2 Å². The maximum Gasteiger partial charge on any atom is 0.407 e. The van der Waals surface area contributed by atoms with E-state index < -0.39 is 17.8 Å². The normalized spacial score (nSPS) is 15.7. The lowest BCUT2D eigenvalue weighted by Gasteiger charge is -2.28. The lowest BCUT2D eigenvalue weighted by molar-refractivity contribution is 0.0423. The highest BCUT2D eigenvalue weighted by atomic mass is 16.6. The van der Waals surface area contributed by atoms with Gasteiger partial charge in [-0.3, -0.25) is 0 Å². The smallest absolute Gasteiger partial charge is 0.407 e. The van der Waals surface area contributed by atoms with Crippen LogP contribution in [0.15, 0.2) is 12.2 Å². The van der Waals surface area contributed by atoms with Crippen LogP contribution in [0.4, 0.5) is 4.79 Å². The van der Waals surface area contributed by atoms with Gasteiger partial charge in [-0.25, -0.2) is 4.79 Å². The highest BCUT2D eigenvalue weighted by molar-refractivity contribution is 5.68. The SMILES string of the molecule is CC(C)C/C=C/[C@@H](O)[C@@H](NC(=O)OC(C)(C)C)C(C)C. The molecule has 4 heteroatoms. The number of hydrogen-bond donors (Lipinski definition) is 2. The Morgan fingerprint density at radius 2 is 1.80 bits per heavy atom. The van der Waals surface area contributed by atoms with Crippen LogP contribution in [-0.4, -0.2) is 28.9 Å². The number of rotatable bonds is 6. The summed E-state index contributed by atoms with van der Waals surface area (Å²) in [6.45, 7) is 13.6. The highest BCUT2D eigenvalue weighted by Gasteiger charge is 2.25. The molecule has 0 unspecified atom stereocenters. The van der Waals surface area contributed by atoms with Gasteiger partial charge in [-0.05, 0) is 39.0 Å². The van der Waals surface area contributed by atoms with Crippen molar-refractivity contribution in [2.45, 2.75) is 72.6 Å². The molecule has 0 radical (unpaired) electrons. The number of allylic oxidation sites excluding steroid dienone is 1. The molecule has 1 amide bonds. The Hall–Kier alpha value is -1.03. The summed E-state index contributed by atoms with van der Waals surface area (Å²) >= 11 is 0. The minimum atomic E-state index is -0.707. The maximum atomic E-state index is 11.8. The second-order valence-corrected chi connectivity index (χ2v) is 6.96. The standard InChI is InChI=1S/C16H31NO3/c1-11(2)9-8-10-13(18)14(12(3)4)17-15(19)20-16(5,6)7/h8,10-14,18H,9H2,1-7H3,(H,17,19)/b10-8+/t13-,14+/m1/s1. The molecule has 0 heterocycles. The van der Waals surface area contributed by atoms with Gasteiger partial charge in [-0.1, -0.05) is 39.8 Å². The lowest BCUT2D eigenvalue weighted by atomic mass is 9.97. The van der Waals surface area contributed by atoms with Crippen LogP contribution in [0.2, 0.25) is 0 Å². The molecule has 0 aromatic heterocycles. The van der Waals surface area contributed by atoms with Gasteiger partial charge in [0.15, 0.2) is 0 Å². The molecule has 0 saturated heterocycles. The maximum absolute atomic E-state index is 11.8. The molecule has 0 rings (SSSR count). The largest absolute Gasteiger partial charge is 0.444 e. The zero-order valence-corrected chi connectivity index (χ0v) is 13.9. The van der Waals surface area contributed by atoms with Crippen LogP contribution in [0.1, 0.15) is 54.9 Å². The Morgan fingerprint density at radius 1 is 1.25 bits per heavy atom. The molecule has 2 N–H and O–H groups in total. The molecule has 0 spiro atoms. The first-order valence-corrected chi connectivity index (χ1v) is 7.37. The molecular weight excluding hydrogens is 254 g/mol. The van der Waals surface area contributed by atoms with E-state index in [1.54, 1.807) is 6.08 Å². The molecule has 0 aliphatic carbocycles. The highest BCUT2D eigenvalue weighted by Crippen LogP contribution is 2.12. The van der Waals surface area contributed by atoms with Gasteiger partial charge in [0.25, 0.3) is 0 Å². The van der Waals surface area contributed by atoms with Gasteiger partial charge in [0.05, 0.1) is 12.1 Å². The molecule has 118 valence electrons. The predicted molar refractivity (Wildman–Crippen MR) is 82.6 cm³/mol. The molecule has 0 fully saturated rings. The summed E-state index contributed by atoms with van der Waals surface area (Å²) in [5, 5.41) is 12.9. The fourth-order valence-corrected chi connectivity index (χ4v) is 1.70. The molecule has 0 aliphatic rings. The van der Waals surface area contributed by atoms with Crippen molar-refractivity contribution in [2.75, 3.05) is 0 Å². The van der Waals surface area contributed by atoms with Crippen LogP contribution < -0.4 is 5.32 Å². The molecule has 0 aromatic carbocycles. The number of alkyl carbamates (subject to hydrolysis) is 1. The third-order valence-electron chi connectivity index (χ3n) is 2.71. The van der Waals surface area contributed by atoms with E-state index >= 15 is 0 Å². The fraction of sp³-hybridized carbons (Fsp3) is 0.812. The Kier molecular flexibility index (Phi) is 7.87. The van der Waals surface area contributed by atoms with Crippen LogP contribution in [0.3, 0.4) is 0 Å². The Bertz CT molecular complexity index is 316. The summed E-state index contributed by atoms with van der Waals surface area (Å²) in [5.41, 5.74) is -0.538. The zero-order chi connectivity index (χ0) is 15.9. The number of aliphatic hydroxyl groups excluding tert-OH is 1. The number of carbonyl (C=O) groups excluding carboxylic acids is 1. The topological polar surface area (TPSA) is 58.6 Å². The summed E-state index contributed by atoms with van der Waals surface area (Å²) in [5.74, 6) is 0.663. The van der Waals surface area contributed by atoms with Gasteiger partial charge in [-0.15, -0.1) is 0 Å². The number of hydrogen-bond acceptors (Lipinski definition) is 3. The second-order valence-electron chi connectivity index (χ2n) is 6.96. The average Bonchev–Trinajstić information content (AvgIpc) is 2.22. The summed E-state index contributed by atoms with van der Waals surface area (Å²) in [4.78, 5) is 11.8. The monoisotopic (exact) mass is 285 g/mol. The van der Waals surface area contributed by atoms with E-state index in [1.807, 2.05) is 40.7 Å². The average molecular weight is 285 g/mol. The molecule has 0 saturated carbocycles. The second kappa shape index (κ2) is 8.30. The molecule has 0 aliphatic heterocycles. The number of carbonyl (C=O) groups is 1. The van der Waals surface area contributed by atoms with Gasteiger partial charge in [0, 0.05) is 0 Å². The van der Waals surface area contributed by atoms with Crippen molar-refractivity contribution >= 4 is 6.09 Å². The Labute approximate surface area is 123 Å².